The predicted octanol–water partition coefficient (Wildman–Crippen LogP) is 9.65. The molecule has 3 heterocycles. The van der Waals surface area contributed by atoms with E-state index in [1.165, 1.54) is 0 Å². The number of halogens is 14. The normalized spacial score (nSPS) is 13.8. The van der Waals surface area contributed by atoms with Gasteiger partial charge in [-0.05, 0) is 32.9 Å². The summed E-state index contributed by atoms with van der Waals surface area (Å²) in [6.45, 7) is 0. The molecule has 7 rings (SSSR count). The topological polar surface area (TPSA) is 0 Å². The summed E-state index contributed by atoms with van der Waals surface area (Å²) >= 11 is 0.927. The summed E-state index contributed by atoms with van der Waals surface area (Å²) in [5.41, 5.74) is -8.51. The van der Waals surface area contributed by atoms with Gasteiger partial charge >= 0.3 is 12.4 Å². The largest absolute Gasteiger partial charge is 0.422 e. The molecule has 0 unspecified atom stereocenters. The minimum Gasteiger partial charge on any atom is -0.203 e. The standard InChI is InChI=1S/C34H12F14S2Si/c35-23-19(24(36)28(40)21(27(23)39)33(43,44)45)15-11-17-31(49-15)32-18(51(17,13-7-3-1-4-8-13)14-9-5-2-6-10-14)12-16(50-32)20-25(37)29(41)22(34(46,47)48)30(42)26(20)38/h1-12H. The average molecular weight is 779 g/mol. The van der Waals surface area contributed by atoms with Gasteiger partial charge < -0.3 is 0 Å². The van der Waals surface area contributed by atoms with E-state index in [1.807, 2.05) is 0 Å². The molecule has 0 saturated carbocycles. The first-order valence-electron chi connectivity index (χ1n) is 14.2. The van der Waals surface area contributed by atoms with E-state index >= 15 is 17.6 Å². The van der Waals surface area contributed by atoms with Crippen molar-refractivity contribution in [3.05, 3.63) is 130 Å². The Labute approximate surface area is 285 Å². The Kier molecular flexibility index (Phi) is 8.07. The van der Waals surface area contributed by atoms with Crippen LogP contribution in [0.25, 0.3) is 30.6 Å². The zero-order chi connectivity index (χ0) is 36.9. The van der Waals surface area contributed by atoms with E-state index in [4.69, 9.17) is 0 Å². The third kappa shape index (κ3) is 4.98. The molecule has 0 amide bonds. The van der Waals surface area contributed by atoms with Gasteiger partial charge in [-0.2, -0.15) is 26.3 Å². The van der Waals surface area contributed by atoms with E-state index in [0.717, 1.165) is 12.1 Å². The van der Waals surface area contributed by atoms with Gasteiger partial charge in [-0.1, -0.05) is 60.7 Å². The van der Waals surface area contributed by atoms with Crippen molar-refractivity contribution in [3.8, 4) is 30.6 Å². The number of benzene rings is 4. The van der Waals surface area contributed by atoms with Crippen LogP contribution in [0.4, 0.5) is 61.5 Å². The summed E-state index contributed by atoms with van der Waals surface area (Å²) in [6.07, 6.45) is -11.6. The second kappa shape index (κ2) is 11.8. The summed E-state index contributed by atoms with van der Waals surface area (Å²) in [4.78, 5) is -1.00. The molecule has 1 aliphatic rings. The quantitative estimate of drug-likeness (QED) is 0.0950. The van der Waals surface area contributed by atoms with Crippen molar-refractivity contribution < 1.29 is 61.5 Å². The number of hydrogen-bond donors (Lipinski definition) is 0. The van der Waals surface area contributed by atoms with Gasteiger partial charge in [-0.15, -0.1) is 22.7 Å². The van der Waals surface area contributed by atoms with Gasteiger partial charge in [0.15, 0.2) is 54.6 Å². The molecule has 1 aliphatic heterocycles. The molecule has 51 heavy (non-hydrogen) atoms. The lowest BCUT2D eigenvalue weighted by atomic mass is 10.1. The van der Waals surface area contributed by atoms with Crippen molar-refractivity contribution in [1.29, 1.82) is 0 Å². The van der Waals surface area contributed by atoms with E-state index in [1.54, 1.807) is 60.7 Å². The highest BCUT2D eigenvalue weighted by Crippen LogP contribution is 2.48. The maximum absolute atomic E-state index is 15.3. The van der Waals surface area contributed by atoms with Crippen molar-refractivity contribution in [2.45, 2.75) is 12.4 Å². The maximum atomic E-state index is 15.3. The van der Waals surface area contributed by atoms with Crippen LogP contribution >= 0.6 is 22.7 Å². The van der Waals surface area contributed by atoms with Gasteiger partial charge in [-0.25, -0.2) is 35.1 Å². The highest BCUT2D eigenvalue weighted by atomic mass is 32.1. The van der Waals surface area contributed by atoms with E-state index in [-0.39, 0.29) is 20.1 Å². The second-order valence-electron chi connectivity index (χ2n) is 11.2. The molecule has 0 atom stereocenters. The van der Waals surface area contributed by atoms with Gasteiger partial charge in [0, 0.05) is 19.5 Å². The molecule has 262 valence electrons. The first-order chi connectivity index (χ1) is 23.9. The summed E-state index contributed by atoms with van der Waals surface area (Å²) in [6, 6.07) is 18.5. The molecular formula is C34H12F14S2Si. The molecule has 0 nitrogen and oxygen atoms in total. The van der Waals surface area contributed by atoms with Crippen LogP contribution in [0, 0.1) is 46.5 Å². The molecule has 4 aromatic carbocycles. The fourth-order valence-corrected chi connectivity index (χ4v) is 15.3. The van der Waals surface area contributed by atoms with Gasteiger partial charge in [0.05, 0.1) is 11.1 Å². The smallest absolute Gasteiger partial charge is 0.203 e. The molecule has 0 N–H and O–H groups in total. The van der Waals surface area contributed by atoms with Crippen LogP contribution in [0.3, 0.4) is 0 Å². The van der Waals surface area contributed by atoms with Crippen LogP contribution in [-0.4, -0.2) is 8.07 Å². The molecule has 0 saturated heterocycles. The minimum atomic E-state index is -5.81. The molecule has 0 bridgehead atoms. The first-order valence-corrected chi connectivity index (χ1v) is 17.8. The van der Waals surface area contributed by atoms with Crippen LogP contribution < -0.4 is 20.7 Å². The van der Waals surface area contributed by atoms with Gasteiger partial charge in [0.25, 0.3) is 0 Å². The van der Waals surface area contributed by atoms with Crippen molar-refractivity contribution in [2.24, 2.45) is 0 Å². The molecule has 0 radical (unpaired) electrons. The SMILES string of the molecule is Fc1c(F)c(C(F)(F)F)c(F)c(F)c1-c1cc2c(s1)-c1sc(-c3c(F)c(F)c(C(F)(F)F)c(F)c3F)cc1[Si]2(c1ccccc1)c1ccccc1. The maximum Gasteiger partial charge on any atom is 0.422 e. The van der Waals surface area contributed by atoms with Gasteiger partial charge in [-0.3, -0.25) is 0 Å². The minimum absolute atomic E-state index is 0.0730. The zero-order valence-electron chi connectivity index (χ0n) is 24.5. The van der Waals surface area contributed by atoms with Crippen LogP contribution in [0.2, 0.25) is 0 Å². The van der Waals surface area contributed by atoms with Crippen molar-refractivity contribution in [1.82, 2.24) is 0 Å². The average Bonchev–Trinajstić information content (AvgIpc) is 3.74. The molecule has 17 heteroatoms. The third-order valence-electron chi connectivity index (χ3n) is 8.48. The summed E-state index contributed by atoms with van der Waals surface area (Å²) in [5, 5.41) is 1.55. The van der Waals surface area contributed by atoms with Gasteiger partial charge in [0.2, 0.25) is 0 Å². The monoisotopic (exact) mass is 778 g/mol. The summed E-state index contributed by atoms with van der Waals surface area (Å²) in [7, 11) is -3.86. The van der Waals surface area contributed by atoms with E-state index in [9.17, 15) is 43.9 Å². The van der Waals surface area contributed by atoms with E-state index in [0.29, 0.717) is 33.0 Å². The summed E-state index contributed by atoms with van der Waals surface area (Å²) in [5.74, 6) is -20.2. The Morgan fingerprint density at radius 2 is 0.706 bits per heavy atom. The number of thiophene rings is 2. The van der Waals surface area contributed by atoms with Crippen molar-refractivity contribution in [2.75, 3.05) is 0 Å². The van der Waals surface area contributed by atoms with Crippen LogP contribution in [0.15, 0.2) is 72.8 Å². The predicted molar refractivity (Wildman–Crippen MR) is 165 cm³/mol. The third-order valence-corrected chi connectivity index (χ3v) is 16.1. The molecule has 6 aromatic rings. The Hall–Kier alpha value is -4.48. The second-order valence-corrected chi connectivity index (χ2v) is 17.0. The van der Waals surface area contributed by atoms with Crippen molar-refractivity contribution >= 4 is 51.5 Å². The van der Waals surface area contributed by atoms with E-state index < -0.39 is 99.0 Å². The Bertz CT molecular complexity index is 2150. The number of fused-ring (bicyclic) bond motifs is 3. The number of hydrogen-bond acceptors (Lipinski definition) is 2. The van der Waals surface area contributed by atoms with Crippen LogP contribution in [0.1, 0.15) is 11.1 Å². The molecule has 2 aromatic heterocycles. The molecule has 0 fully saturated rings. The fourth-order valence-electron chi connectivity index (χ4n) is 6.43. The lowest BCUT2D eigenvalue weighted by Gasteiger charge is -2.30. The van der Waals surface area contributed by atoms with Gasteiger partial charge in [0.1, 0.15) is 11.1 Å². The molecule has 0 aliphatic carbocycles. The van der Waals surface area contributed by atoms with Crippen LogP contribution in [-0.2, 0) is 12.4 Å². The Morgan fingerprint density at radius 3 is 0.980 bits per heavy atom. The molecule has 0 spiro atoms. The first kappa shape index (κ1) is 34.9. The van der Waals surface area contributed by atoms with E-state index in [2.05, 4.69) is 0 Å². The van der Waals surface area contributed by atoms with Crippen LogP contribution in [0.5, 0.6) is 0 Å². The van der Waals surface area contributed by atoms with Crippen molar-refractivity contribution in [3.63, 3.8) is 0 Å². The summed E-state index contributed by atoms with van der Waals surface area (Å²) < 4.78 is 200. The fraction of sp³-hybridized carbons (Fsp3) is 0.0588. The highest BCUT2D eigenvalue weighted by Gasteiger charge is 2.52. The highest BCUT2D eigenvalue weighted by molar-refractivity contribution is 7.35. The number of alkyl halides is 6. The Balaban J connectivity index is 1.58. The lowest BCUT2D eigenvalue weighted by Crippen LogP contribution is -2.72. The zero-order valence-corrected chi connectivity index (χ0v) is 27.2. The lowest BCUT2D eigenvalue weighted by molar-refractivity contribution is -0.144. The number of rotatable bonds is 4. The Morgan fingerprint density at radius 1 is 0.412 bits per heavy atom. The molecular weight excluding hydrogens is 767 g/mol.